The minimum Gasteiger partial charge on any atom is -0.467 e. The predicted molar refractivity (Wildman–Crippen MR) is 126 cm³/mol. The van der Waals surface area contributed by atoms with Gasteiger partial charge >= 0.3 is 0 Å². The average Bonchev–Trinajstić information content (AvgIpc) is 3.50. The van der Waals surface area contributed by atoms with Gasteiger partial charge in [-0.05, 0) is 59.6 Å². The zero-order valence-corrected chi connectivity index (χ0v) is 20.0. The molecule has 0 atom stereocenters. The number of amides is 2. The first-order chi connectivity index (χ1) is 15.8. The van der Waals surface area contributed by atoms with Crippen molar-refractivity contribution in [2.24, 2.45) is 7.05 Å². The number of nitrogens with zero attached hydrogens (tertiary/aromatic N) is 4. The summed E-state index contributed by atoms with van der Waals surface area (Å²) < 4.78 is 9.52. The highest BCUT2D eigenvalue weighted by Gasteiger charge is 2.20. The van der Waals surface area contributed by atoms with Crippen LogP contribution in [-0.4, -0.2) is 31.4 Å². The van der Waals surface area contributed by atoms with Crippen molar-refractivity contribution in [1.29, 1.82) is 0 Å². The lowest BCUT2D eigenvalue weighted by Crippen LogP contribution is -2.26. The van der Waals surface area contributed by atoms with E-state index in [0.717, 1.165) is 21.4 Å². The van der Waals surface area contributed by atoms with Crippen molar-refractivity contribution in [3.05, 3.63) is 87.3 Å². The van der Waals surface area contributed by atoms with E-state index in [4.69, 9.17) is 4.42 Å². The van der Waals surface area contributed by atoms with Gasteiger partial charge in [-0.1, -0.05) is 12.1 Å². The van der Waals surface area contributed by atoms with E-state index in [-0.39, 0.29) is 24.1 Å². The van der Waals surface area contributed by atoms with Gasteiger partial charge in [-0.15, -0.1) is 0 Å². The van der Waals surface area contributed by atoms with Crippen molar-refractivity contribution in [2.45, 2.75) is 26.9 Å². The number of aryl methyl sites for hydroxylation is 2. The van der Waals surface area contributed by atoms with Crippen LogP contribution in [-0.2, 0) is 20.1 Å². The Kier molecular flexibility index (Phi) is 6.45. The molecule has 3 aromatic heterocycles. The highest BCUT2D eigenvalue weighted by Crippen LogP contribution is 2.21. The molecule has 170 valence electrons. The maximum atomic E-state index is 12.9. The fraction of sp³-hybridized carbons (Fsp3) is 0.217. The van der Waals surface area contributed by atoms with Crippen LogP contribution in [0.15, 0.2) is 57.7 Å². The number of hydrogen-bond acceptors (Lipinski definition) is 5. The van der Waals surface area contributed by atoms with Crippen LogP contribution in [0.3, 0.4) is 0 Å². The minimum absolute atomic E-state index is 0.231. The molecule has 0 bridgehead atoms. The number of hydrogen-bond donors (Lipinski definition) is 2. The Morgan fingerprint density at radius 2 is 1.97 bits per heavy atom. The fourth-order valence-corrected chi connectivity index (χ4v) is 3.75. The molecular weight excluding hydrogens is 488 g/mol. The van der Waals surface area contributed by atoms with Crippen LogP contribution in [0.2, 0.25) is 0 Å². The second kappa shape index (κ2) is 9.45. The number of rotatable bonds is 7. The fourth-order valence-electron chi connectivity index (χ4n) is 3.47. The molecule has 0 radical (unpaired) electrons. The number of halogens is 1. The van der Waals surface area contributed by atoms with Crippen molar-refractivity contribution in [3.8, 4) is 0 Å². The molecule has 2 amide bonds. The molecule has 0 saturated heterocycles. The van der Waals surface area contributed by atoms with Gasteiger partial charge in [0.05, 0.1) is 47.1 Å². The summed E-state index contributed by atoms with van der Waals surface area (Å²) in [5.41, 5.74) is 3.91. The van der Waals surface area contributed by atoms with E-state index in [9.17, 15) is 9.59 Å². The Labute approximate surface area is 198 Å². The van der Waals surface area contributed by atoms with Crippen LogP contribution in [0.5, 0.6) is 0 Å². The third-order valence-electron chi connectivity index (χ3n) is 5.22. The van der Waals surface area contributed by atoms with Gasteiger partial charge in [0.15, 0.2) is 0 Å². The Morgan fingerprint density at radius 1 is 1.15 bits per heavy atom. The first-order valence-electron chi connectivity index (χ1n) is 10.3. The zero-order valence-electron chi connectivity index (χ0n) is 18.4. The predicted octanol–water partition coefficient (Wildman–Crippen LogP) is 3.82. The Bertz CT molecular complexity index is 1310. The van der Waals surface area contributed by atoms with Crippen LogP contribution in [0.25, 0.3) is 0 Å². The van der Waals surface area contributed by atoms with Crippen molar-refractivity contribution < 1.29 is 14.0 Å². The first kappa shape index (κ1) is 22.5. The number of carbonyl (C=O) groups is 2. The highest BCUT2D eigenvalue weighted by molar-refractivity contribution is 9.10. The molecule has 33 heavy (non-hydrogen) atoms. The van der Waals surface area contributed by atoms with Gasteiger partial charge in [-0.25, -0.2) is 0 Å². The number of benzene rings is 1. The molecule has 1 aromatic carbocycles. The van der Waals surface area contributed by atoms with Crippen molar-refractivity contribution >= 4 is 33.4 Å². The van der Waals surface area contributed by atoms with E-state index in [0.29, 0.717) is 23.6 Å². The average molecular weight is 511 g/mol. The van der Waals surface area contributed by atoms with Crippen molar-refractivity contribution in [1.82, 2.24) is 24.9 Å². The van der Waals surface area contributed by atoms with E-state index in [1.165, 1.54) is 10.9 Å². The summed E-state index contributed by atoms with van der Waals surface area (Å²) in [5, 5.41) is 14.2. The lowest BCUT2D eigenvalue weighted by atomic mass is 10.1. The summed E-state index contributed by atoms with van der Waals surface area (Å²) in [7, 11) is 1.64. The van der Waals surface area contributed by atoms with E-state index < -0.39 is 0 Å². The van der Waals surface area contributed by atoms with Gasteiger partial charge in [-0.3, -0.25) is 19.0 Å². The molecule has 4 rings (SSSR count). The third kappa shape index (κ3) is 4.90. The van der Waals surface area contributed by atoms with Crippen LogP contribution < -0.4 is 10.6 Å². The lowest BCUT2D eigenvalue weighted by molar-refractivity contribution is 0.0939. The van der Waals surface area contributed by atoms with Crippen LogP contribution >= 0.6 is 15.9 Å². The molecule has 4 aromatic rings. The maximum absolute atomic E-state index is 12.9. The quantitative estimate of drug-likeness (QED) is 0.393. The highest BCUT2D eigenvalue weighted by atomic mass is 79.9. The largest absolute Gasteiger partial charge is 0.467 e. The molecule has 2 N–H and O–H groups in total. The number of carbonyl (C=O) groups excluding carboxylic acids is 2. The number of aromatic nitrogens is 4. The topological polar surface area (TPSA) is 107 Å². The maximum Gasteiger partial charge on any atom is 0.272 e. The van der Waals surface area contributed by atoms with Gasteiger partial charge in [0.2, 0.25) is 0 Å². The Hall–Kier alpha value is -3.66. The molecule has 9 nitrogen and oxygen atoms in total. The van der Waals surface area contributed by atoms with Gasteiger partial charge in [-0.2, -0.15) is 10.2 Å². The second-order valence-electron chi connectivity index (χ2n) is 7.59. The van der Waals surface area contributed by atoms with E-state index >= 15 is 0 Å². The normalized spacial score (nSPS) is 10.9. The molecule has 0 saturated carbocycles. The molecule has 3 heterocycles. The molecule has 0 fully saturated rings. The summed E-state index contributed by atoms with van der Waals surface area (Å²) in [6.45, 7) is 4.69. The summed E-state index contributed by atoms with van der Waals surface area (Å²) in [6, 6.07) is 10.8. The molecular formula is C23H23BrN6O3. The van der Waals surface area contributed by atoms with Crippen LogP contribution in [0, 0.1) is 13.8 Å². The smallest absolute Gasteiger partial charge is 0.272 e. The monoisotopic (exact) mass is 510 g/mol. The van der Waals surface area contributed by atoms with Crippen LogP contribution in [0.1, 0.15) is 43.6 Å². The summed E-state index contributed by atoms with van der Waals surface area (Å²) in [5.74, 6) is -0.0763. The minimum atomic E-state index is -0.370. The standard InChI is InChI=1S/C23H23BrN6O3/c1-14-20(24)15(2)30(28-14)13-16-6-4-7-17(10-16)22(31)27-19-12-26-29(3)21(19)23(32)25-11-18-8-5-9-33-18/h4-10,12H,11,13H2,1-3H3,(H,25,32)(H,27,31). The number of furan rings is 1. The SMILES string of the molecule is Cc1nn(Cc2cccc(C(=O)Nc3cnn(C)c3C(=O)NCc3ccco3)c2)c(C)c1Br. The molecule has 0 spiro atoms. The van der Waals surface area contributed by atoms with Gasteiger partial charge in [0, 0.05) is 12.6 Å². The molecule has 0 aliphatic rings. The van der Waals surface area contributed by atoms with E-state index in [1.807, 2.05) is 36.7 Å². The van der Waals surface area contributed by atoms with Crippen molar-refractivity contribution in [3.63, 3.8) is 0 Å². The second-order valence-corrected chi connectivity index (χ2v) is 8.38. The van der Waals surface area contributed by atoms with E-state index in [2.05, 4.69) is 36.8 Å². The van der Waals surface area contributed by atoms with Gasteiger partial charge < -0.3 is 15.1 Å². The Balaban J connectivity index is 1.48. The van der Waals surface area contributed by atoms with Gasteiger partial charge in [0.25, 0.3) is 11.8 Å². The van der Waals surface area contributed by atoms with E-state index in [1.54, 1.807) is 31.5 Å². The summed E-state index contributed by atoms with van der Waals surface area (Å²) in [4.78, 5) is 25.6. The lowest BCUT2D eigenvalue weighted by Gasteiger charge is -2.10. The summed E-state index contributed by atoms with van der Waals surface area (Å²) in [6.07, 6.45) is 3.00. The first-order valence-corrected chi connectivity index (χ1v) is 11.0. The third-order valence-corrected chi connectivity index (χ3v) is 6.37. The zero-order chi connectivity index (χ0) is 23.5. The van der Waals surface area contributed by atoms with Gasteiger partial charge in [0.1, 0.15) is 11.5 Å². The molecule has 0 aliphatic carbocycles. The van der Waals surface area contributed by atoms with Crippen molar-refractivity contribution in [2.75, 3.05) is 5.32 Å². The summed E-state index contributed by atoms with van der Waals surface area (Å²) >= 11 is 3.54. The Morgan fingerprint density at radius 3 is 2.67 bits per heavy atom. The number of anilines is 1. The molecule has 10 heteroatoms. The number of nitrogens with one attached hydrogen (secondary N) is 2. The molecule has 0 aliphatic heterocycles. The molecule has 0 unspecified atom stereocenters. The van der Waals surface area contributed by atoms with Crippen LogP contribution in [0.4, 0.5) is 5.69 Å².